The van der Waals surface area contributed by atoms with Crippen LogP contribution in [0.25, 0.3) is 11.1 Å². The molecule has 10 heteroatoms. The monoisotopic (exact) mass is 515 g/mol. The van der Waals surface area contributed by atoms with E-state index in [-0.39, 0.29) is 18.6 Å². The van der Waals surface area contributed by atoms with Crippen LogP contribution in [-0.4, -0.2) is 54.1 Å². The van der Waals surface area contributed by atoms with Crippen molar-refractivity contribution >= 4 is 17.3 Å². The molecule has 3 aromatic rings. The first-order chi connectivity index (χ1) is 17.6. The number of alkyl halides is 4. The van der Waals surface area contributed by atoms with Crippen LogP contribution in [0.3, 0.4) is 0 Å². The molecule has 0 unspecified atom stereocenters. The van der Waals surface area contributed by atoms with Crippen molar-refractivity contribution in [2.45, 2.75) is 31.2 Å². The largest absolute Gasteiger partial charge is 0.433 e. The number of aryl methyl sites for hydroxylation is 1. The lowest BCUT2D eigenvalue weighted by Gasteiger charge is -2.48. The third kappa shape index (κ3) is 4.78. The topological polar surface area (TPSA) is 74.7 Å². The molecule has 2 aliphatic heterocycles. The number of hydrogen-bond acceptors (Lipinski definition) is 5. The number of benzene rings is 2. The average molecular weight is 516 g/mol. The minimum absolute atomic E-state index is 0.0740. The minimum Gasteiger partial charge on any atom is -0.393 e. The molecule has 0 saturated carbocycles. The van der Waals surface area contributed by atoms with Crippen LogP contribution in [-0.2, 0) is 17.3 Å². The van der Waals surface area contributed by atoms with Gasteiger partial charge in [0.1, 0.15) is 5.69 Å². The number of fused-ring (bicyclic) bond motifs is 3. The quantitative estimate of drug-likeness (QED) is 0.489. The number of carbonyl (C=O) groups is 1. The Balaban J connectivity index is 1.45. The van der Waals surface area contributed by atoms with Gasteiger partial charge < -0.3 is 20.1 Å². The molecule has 6 nitrogen and oxygen atoms in total. The first kappa shape index (κ1) is 25.2. The summed E-state index contributed by atoms with van der Waals surface area (Å²) in [7, 11) is 0. The van der Waals surface area contributed by atoms with Gasteiger partial charge in [-0.3, -0.25) is 9.78 Å². The maximum Gasteiger partial charge on any atom is 0.433 e. The van der Waals surface area contributed by atoms with Crippen LogP contribution in [0.1, 0.15) is 27.2 Å². The third-order valence-corrected chi connectivity index (χ3v) is 6.99. The number of morpholine rings is 1. The molecule has 5 rings (SSSR count). The normalized spacial score (nSPS) is 21.2. The fourth-order valence-electron chi connectivity index (χ4n) is 5.01. The van der Waals surface area contributed by atoms with Gasteiger partial charge in [-0.1, -0.05) is 18.2 Å². The number of aliphatic hydroxyl groups is 1. The fraction of sp³-hybridized carbons (Fsp3) is 0.333. The fourth-order valence-corrected chi connectivity index (χ4v) is 5.01. The van der Waals surface area contributed by atoms with E-state index < -0.39 is 36.1 Å². The molecule has 1 fully saturated rings. The van der Waals surface area contributed by atoms with Gasteiger partial charge in [-0.2, -0.15) is 13.2 Å². The molecule has 0 bridgehead atoms. The lowest BCUT2D eigenvalue weighted by atomic mass is 9.82. The number of nitrogens with one attached hydrogen (secondary N) is 1. The molecular formula is C27H25F4N3O3. The maximum absolute atomic E-state index is 15.5. The minimum atomic E-state index is -4.65. The second kappa shape index (κ2) is 9.42. The third-order valence-electron chi connectivity index (χ3n) is 6.99. The Morgan fingerprint density at radius 3 is 2.78 bits per heavy atom. The highest BCUT2D eigenvalue weighted by Crippen LogP contribution is 2.42. The second-order valence-electron chi connectivity index (χ2n) is 9.41. The van der Waals surface area contributed by atoms with E-state index in [0.29, 0.717) is 24.9 Å². The molecule has 2 N–H and O–H groups in total. The number of halogens is 4. The van der Waals surface area contributed by atoms with Crippen molar-refractivity contribution in [2.24, 2.45) is 0 Å². The Hall–Kier alpha value is -3.50. The van der Waals surface area contributed by atoms with Gasteiger partial charge in [0.2, 0.25) is 0 Å². The van der Waals surface area contributed by atoms with Gasteiger partial charge in [0, 0.05) is 36.1 Å². The first-order valence-corrected chi connectivity index (χ1v) is 11.8. The van der Waals surface area contributed by atoms with Crippen LogP contribution in [0.5, 0.6) is 0 Å². The highest BCUT2D eigenvalue weighted by atomic mass is 19.4. The Morgan fingerprint density at radius 1 is 1.22 bits per heavy atom. The summed E-state index contributed by atoms with van der Waals surface area (Å²) in [4.78, 5) is 17.9. The number of hydrogen-bond donors (Lipinski definition) is 2. The van der Waals surface area contributed by atoms with E-state index >= 15 is 4.39 Å². The molecule has 1 amide bonds. The van der Waals surface area contributed by atoms with E-state index in [4.69, 9.17) is 4.74 Å². The number of aromatic nitrogens is 1. The van der Waals surface area contributed by atoms with Gasteiger partial charge in [-0.25, -0.2) is 4.39 Å². The zero-order valence-electron chi connectivity index (χ0n) is 20.0. The number of amides is 1. The van der Waals surface area contributed by atoms with E-state index in [1.54, 1.807) is 12.1 Å². The molecule has 37 heavy (non-hydrogen) atoms. The van der Waals surface area contributed by atoms with Crippen molar-refractivity contribution in [3.8, 4) is 11.1 Å². The van der Waals surface area contributed by atoms with Crippen molar-refractivity contribution < 1.29 is 32.2 Å². The van der Waals surface area contributed by atoms with Crippen LogP contribution in [0, 0.1) is 6.92 Å². The Morgan fingerprint density at radius 2 is 2.03 bits per heavy atom. The van der Waals surface area contributed by atoms with Gasteiger partial charge in [0.15, 0.2) is 5.67 Å². The Kier molecular flexibility index (Phi) is 6.41. The van der Waals surface area contributed by atoms with Crippen molar-refractivity contribution in [1.29, 1.82) is 0 Å². The summed E-state index contributed by atoms with van der Waals surface area (Å²) in [6, 6.07) is 12.3. The number of pyridine rings is 1. The summed E-state index contributed by atoms with van der Waals surface area (Å²) < 4.78 is 60.0. The molecule has 194 valence electrons. The molecule has 2 aliphatic rings. The molecule has 0 spiro atoms. The van der Waals surface area contributed by atoms with Crippen molar-refractivity contribution in [1.82, 2.24) is 4.98 Å². The lowest BCUT2D eigenvalue weighted by Crippen LogP contribution is -2.62. The molecule has 0 radical (unpaired) electrons. The van der Waals surface area contributed by atoms with Crippen LogP contribution in [0.4, 0.5) is 28.9 Å². The van der Waals surface area contributed by atoms with Gasteiger partial charge in [0.05, 0.1) is 25.9 Å². The van der Waals surface area contributed by atoms with Gasteiger partial charge in [-0.05, 0) is 59.5 Å². The summed E-state index contributed by atoms with van der Waals surface area (Å²) in [6.07, 6.45) is -3.63. The molecule has 1 saturated heterocycles. The predicted octanol–water partition coefficient (Wildman–Crippen LogP) is 4.79. The smallest absolute Gasteiger partial charge is 0.393 e. The van der Waals surface area contributed by atoms with Crippen LogP contribution >= 0.6 is 0 Å². The Labute approximate surface area is 210 Å². The summed E-state index contributed by atoms with van der Waals surface area (Å²) in [5, 5.41) is 12.4. The predicted molar refractivity (Wildman–Crippen MR) is 130 cm³/mol. The molecule has 2 atom stereocenters. The summed E-state index contributed by atoms with van der Waals surface area (Å²) >= 11 is 0. The van der Waals surface area contributed by atoms with Crippen molar-refractivity contribution in [3.05, 3.63) is 77.1 Å². The summed E-state index contributed by atoms with van der Waals surface area (Å²) in [5.41, 5.74) is 1.57. The van der Waals surface area contributed by atoms with E-state index in [1.807, 2.05) is 36.1 Å². The van der Waals surface area contributed by atoms with E-state index in [2.05, 4.69) is 10.3 Å². The molecule has 1 aromatic heterocycles. The number of nitrogens with zero attached hydrogens (tertiary/aromatic N) is 2. The van der Waals surface area contributed by atoms with E-state index in [0.717, 1.165) is 34.1 Å². The highest BCUT2D eigenvalue weighted by Gasteiger charge is 2.48. The van der Waals surface area contributed by atoms with E-state index in [9.17, 15) is 23.1 Å². The van der Waals surface area contributed by atoms with Crippen LogP contribution < -0.4 is 10.2 Å². The SMILES string of the molecule is Cc1ccc(NC(=O)c2ccnc(C(F)(F)F)c2)cc1-c1ccc2c(c1)N1CCOC[C@H]1[C@](F)(CO)C2. The number of ether oxygens (including phenoxy) is 1. The number of carbonyl (C=O) groups excluding carboxylic acids is 1. The van der Waals surface area contributed by atoms with Gasteiger partial charge in [-0.15, -0.1) is 0 Å². The van der Waals surface area contributed by atoms with Crippen molar-refractivity contribution in [2.75, 3.05) is 36.6 Å². The molecule has 3 heterocycles. The second-order valence-corrected chi connectivity index (χ2v) is 9.41. The van der Waals surface area contributed by atoms with E-state index in [1.165, 1.54) is 6.07 Å². The first-order valence-electron chi connectivity index (χ1n) is 11.8. The number of rotatable bonds is 4. The number of aliphatic hydroxyl groups excluding tert-OH is 1. The molecular weight excluding hydrogens is 490 g/mol. The van der Waals surface area contributed by atoms with Crippen LogP contribution in [0.15, 0.2) is 54.7 Å². The van der Waals surface area contributed by atoms with Crippen molar-refractivity contribution in [3.63, 3.8) is 0 Å². The zero-order valence-corrected chi connectivity index (χ0v) is 20.0. The zero-order chi connectivity index (χ0) is 26.4. The molecule has 2 aromatic carbocycles. The summed E-state index contributed by atoms with van der Waals surface area (Å²) in [5.74, 6) is -0.687. The van der Waals surface area contributed by atoms with Crippen LogP contribution in [0.2, 0.25) is 0 Å². The summed E-state index contributed by atoms with van der Waals surface area (Å²) in [6.45, 7) is 2.45. The van der Waals surface area contributed by atoms with Gasteiger partial charge >= 0.3 is 6.18 Å². The maximum atomic E-state index is 15.5. The van der Waals surface area contributed by atoms with Gasteiger partial charge in [0.25, 0.3) is 5.91 Å². The average Bonchev–Trinajstić information content (AvgIpc) is 2.89. The lowest BCUT2D eigenvalue weighted by molar-refractivity contribution is -0.141. The standard InChI is InChI=1S/C27H25F4N3O3/c1-16-2-5-20(33-25(36)18-6-7-32-23(11-18)27(29,30)31)12-21(16)17-3-4-19-13-26(28,15-35)24-14-37-9-8-34(24)22(19)10-17/h2-7,10-12,24,35H,8-9,13-15H2,1H3,(H,33,36)/t24-,26+/m0/s1. The molecule has 0 aliphatic carbocycles. The Bertz CT molecular complexity index is 1350. The number of anilines is 2. The highest BCUT2D eigenvalue weighted by molar-refractivity contribution is 6.04.